The van der Waals surface area contributed by atoms with Crippen molar-refractivity contribution in [3.63, 3.8) is 0 Å². The van der Waals surface area contributed by atoms with E-state index in [-0.39, 0.29) is 29.1 Å². The second-order valence-electron chi connectivity index (χ2n) is 9.89. The fourth-order valence-electron chi connectivity index (χ4n) is 5.23. The van der Waals surface area contributed by atoms with Gasteiger partial charge in [-0.2, -0.15) is 0 Å². The third kappa shape index (κ3) is 5.72. The molecule has 0 bridgehead atoms. The molecule has 2 aromatic rings. The minimum atomic E-state index is -0.773. The van der Waals surface area contributed by atoms with E-state index in [1.54, 1.807) is 11.8 Å². The van der Waals surface area contributed by atoms with Gasteiger partial charge in [-0.05, 0) is 54.7 Å². The number of nitrogens with zero attached hydrogens (tertiary/aromatic N) is 3. The first-order valence-corrected chi connectivity index (χ1v) is 12.4. The lowest BCUT2D eigenvalue weighted by Crippen LogP contribution is -2.46. The summed E-state index contributed by atoms with van der Waals surface area (Å²) in [4.78, 5) is 56.8. The number of carbonyl (C=O) groups excluding carboxylic acids is 4. The third-order valence-corrected chi connectivity index (χ3v) is 7.26. The van der Waals surface area contributed by atoms with Gasteiger partial charge < -0.3 is 20.9 Å². The highest BCUT2D eigenvalue weighted by Gasteiger charge is 2.34. The highest BCUT2D eigenvalue weighted by atomic mass is 16.2. The normalized spacial score (nSPS) is 20.6. The number of anilines is 1. The maximum atomic E-state index is 13.3. The van der Waals surface area contributed by atoms with Crippen LogP contribution >= 0.6 is 0 Å². The van der Waals surface area contributed by atoms with Gasteiger partial charge in [0.25, 0.3) is 0 Å². The van der Waals surface area contributed by atoms with E-state index in [2.05, 4.69) is 29.4 Å². The summed E-state index contributed by atoms with van der Waals surface area (Å²) in [5, 5.41) is 2.56. The van der Waals surface area contributed by atoms with Gasteiger partial charge >= 0.3 is 11.8 Å². The lowest BCUT2D eigenvalue weighted by molar-refractivity contribution is -0.146. The van der Waals surface area contributed by atoms with E-state index < -0.39 is 17.7 Å². The van der Waals surface area contributed by atoms with Crippen LogP contribution in [-0.2, 0) is 14.4 Å². The van der Waals surface area contributed by atoms with Crippen LogP contribution in [0.4, 0.5) is 5.69 Å². The molecule has 4 rings (SSSR count). The fraction of sp³-hybridized carbons (Fsp3) is 0.444. The Morgan fingerprint density at radius 2 is 1.72 bits per heavy atom. The number of nitrogens with one attached hydrogen (secondary N) is 1. The summed E-state index contributed by atoms with van der Waals surface area (Å²) >= 11 is 0. The summed E-state index contributed by atoms with van der Waals surface area (Å²) in [5.74, 6) is -1.30. The van der Waals surface area contributed by atoms with Gasteiger partial charge in [0.15, 0.2) is 0 Å². The minimum Gasteiger partial charge on any atom is -0.366 e. The Labute approximate surface area is 211 Å². The summed E-state index contributed by atoms with van der Waals surface area (Å²) in [6, 6.07) is 9.51. The molecule has 0 radical (unpaired) electrons. The Balaban J connectivity index is 1.50. The first-order valence-electron chi connectivity index (χ1n) is 12.4. The molecule has 190 valence electrons. The highest BCUT2D eigenvalue weighted by Crippen LogP contribution is 2.36. The molecular formula is C27H33N5O4. The Hall–Kier alpha value is -3.75. The summed E-state index contributed by atoms with van der Waals surface area (Å²) < 4.78 is 0. The van der Waals surface area contributed by atoms with Crippen LogP contribution in [0.3, 0.4) is 0 Å². The highest BCUT2D eigenvalue weighted by molar-refractivity contribution is 6.39. The number of hydrogen-bond donors (Lipinski definition) is 2. The van der Waals surface area contributed by atoms with Crippen molar-refractivity contribution in [1.29, 1.82) is 0 Å². The van der Waals surface area contributed by atoms with E-state index in [9.17, 15) is 19.2 Å². The average Bonchev–Trinajstić information content (AvgIpc) is 2.88. The molecule has 1 aromatic heterocycles. The monoisotopic (exact) mass is 491 g/mol. The van der Waals surface area contributed by atoms with Crippen molar-refractivity contribution in [1.82, 2.24) is 14.8 Å². The topological polar surface area (TPSA) is 126 Å². The van der Waals surface area contributed by atoms with Crippen LogP contribution in [0.2, 0.25) is 0 Å². The van der Waals surface area contributed by atoms with Crippen molar-refractivity contribution >= 4 is 29.3 Å². The Morgan fingerprint density at radius 3 is 2.42 bits per heavy atom. The Morgan fingerprint density at radius 1 is 1.00 bits per heavy atom. The van der Waals surface area contributed by atoms with E-state index >= 15 is 0 Å². The van der Waals surface area contributed by atoms with Crippen LogP contribution in [0, 0.1) is 5.92 Å². The molecule has 9 nitrogen and oxygen atoms in total. The average molecular weight is 492 g/mol. The number of primary amides is 1. The number of benzene rings is 1. The number of piperidine rings is 2. The zero-order chi connectivity index (χ0) is 25.8. The number of carbonyl (C=O) groups is 4. The summed E-state index contributed by atoms with van der Waals surface area (Å²) in [5.41, 5.74) is 7.91. The van der Waals surface area contributed by atoms with Gasteiger partial charge in [-0.3, -0.25) is 24.2 Å². The summed E-state index contributed by atoms with van der Waals surface area (Å²) in [6.45, 7) is 5.67. The number of amides is 4. The molecule has 2 aliphatic rings. The van der Waals surface area contributed by atoms with Crippen molar-refractivity contribution in [2.24, 2.45) is 11.7 Å². The van der Waals surface area contributed by atoms with E-state index in [1.165, 1.54) is 24.0 Å². The number of nitrogens with two attached hydrogens (primary N) is 1. The fourth-order valence-corrected chi connectivity index (χ4v) is 5.23. The van der Waals surface area contributed by atoms with Crippen LogP contribution in [0.25, 0.3) is 0 Å². The lowest BCUT2D eigenvalue weighted by atomic mass is 9.85. The number of rotatable bonds is 4. The third-order valence-electron chi connectivity index (χ3n) is 7.26. The molecule has 2 atom stereocenters. The molecule has 1 unspecified atom stereocenters. The molecule has 4 amide bonds. The van der Waals surface area contributed by atoms with Crippen molar-refractivity contribution in [2.75, 3.05) is 25.0 Å². The number of hydrogen-bond acceptors (Lipinski definition) is 5. The standard InChI is InChI=1S/C27H33N5O4/c1-17-6-7-24(21-5-3-4-20(12-21)19-8-10-31(11-9-19)18(2)33)32(16-17)27(36)26(35)30-23-13-22(25(28)34)14-29-15-23/h3-5,12-15,17,19,24H,6-11,16H2,1-2H3,(H2,28,34)(H,30,35)/t17-,24?/m0/s1. The quantitative estimate of drug-likeness (QED) is 0.636. The molecule has 3 heterocycles. The molecule has 0 spiro atoms. The maximum Gasteiger partial charge on any atom is 0.313 e. The zero-order valence-corrected chi connectivity index (χ0v) is 20.8. The molecular weight excluding hydrogens is 458 g/mol. The van der Waals surface area contributed by atoms with Gasteiger partial charge in [0.05, 0.1) is 23.5 Å². The first-order chi connectivity index (χ1) is 17.2. The van der Waals surface area contributed by atoms with Crippen LogP contribution in [0.1, 0.15) is 73.0 Å². The van der Waals surface area contributed by atoms with Gasteiger partial charge in [0.1, 0.15) is 0 Å². The van der Waals surface area contributed by atoms with Crippen LogP contribution in [0.5, 0.6) is 0 Å². The zero-order valence-electron chi connectivity index (χ0n) is 20.8. The molecule has 2 aliphatic heterocycles. The van der Waals surface area contributed by atoms with Crippen molar-refractivity contribution < 1.29 is 19.2 Å². The smallest absolute Gasteiger partial charge is 0.313 e. The van der Waals surface area contributed by atoms with E-state index in [0.717, 1.165) is 44.3 Å². The molecule has 3 N–H and O–H groups in total. The van der Waals surface area contributed by atoms with Crippen molar-refractivity contribution in [3.8, 4) is 0 Å². The van der Waals surface area contributed by atoms with Crippen LogP contribution < -0.4 is 11.1 Å². The molecule has 2 fully saturated rings. The Bertz CT molecular complexity index is 1160. The van der Waals surface area contributed by atoms with E-state index in [0.29, 0.717) is 12.5 Å². The largest absolute Gasteiger partial charge is 0.366 e. The van der Waals surface area contributed by atoms with Crippen molar-refractivity contribution in [3.05, 3.63) is 59.4 Å². The van der Waals surface area contributed by atoms with Gasteiger partial charge in [-0.15, -0.1) is 0 Å². The number of likely N-dealkylation sites (tertiary alicyclic amines) is 2. The predicted octanol–water partition coefficient (Wildman–Crippen LogP) is 2.84. The maximum absolute atomic E-state index is 13.3. The molecule has 36 heavy (non-hydrogen) atoms. The van der Waals surface area contributed by atoms with E-state index in [1.807, 2.05) is 17.0 Å². The summed E-state index contributed by atoms with van der Waals surface area (Å²) in [7, 11) is 0. The molecule has 0 aliphatic carbocycles. The first kappa shape index (κ1) is 25.3. The van der Waals surface area contributed by atoms with Crippen LogP contribution in [0.15, 0.2) is 42.7 Å². The lowest BCUT2D eigenvalue weighted by Gasteiger charge is -2.39. The molecule has 2 saturated heterocycles. The Kier molecular flexibility index (Phi) is 7.67. The van der Waals surface area contributed by atoms with E-state index in [4.69, 9.17) is 5.73 Å². The summed E-state index contributed by atoms with van der Waals surface area (Å²) in [6.07, 6.45) is 6.23. The number of aromatic nitrogens is 1. The van der Waals surface area contributed by atoms with Gasteiger partial charge in [0.2, 0.25) is 11.8 Å². The van der Waals surface area contributed by atoms with Gasteiger partial charge in [-0.25, -0.2) is 0 Å². The SMILES string of the molecule is CC(=O)N1CCC(c2cccc(C3CC[C@H](C)CN3C(=O)C(=O)Nc3cncc(C(N)=O)c3)c2)CC1. The minimum absolute atomic E-state index is 0.114. The van der Waals surface area contributed by atoms with Crippen LogP contribution in [-0.4, -0.2) is 58.0 Å². The molecule has 9 heteroatoms. The van der Waals surface area contributed by atoms with Gasteiger partial charge in [0, 0.05) is 32.8 Å². The molecule has 0 saturated carbocycles. The number of pyridine rings is 1. The predicted molar refractivity (Wildman–Crippen MR) is 135 cm³/mol. The van der Waals surface area contributed by atoms with Gasteiger partial charge in [-0.1, -0.05) is 31.2 Å². The molecule has 1 aromatic carbocycles. The second kappa shape index (κ2) is 10.9. The second-order valence-corrected chi connectivity index (χ2v) is 9.89. The van der Waals surface area contributed by atoms with Crippen molar-refractivity contribution in [2.45, 2.75) is 51.5 Å².